The van der Waals surface area contributed by atoms with Crippen molar-refractivity contribution < 1.29 is 9.21 Å². The Morgan fingerprint density at radius 3 is 2.86 bits per heavy atom. The van der Waals surface area contributed by atoms with Crippen LogP contribution in [0.15, 0.2) is 69.7 Å². The SMILES string of the molecule is Cc1c(C(=O)Nc2cccc(CNc3cccnc3N)c2)oc2ccc(Br)cc12. The molecular formula is C22H19BrN4O2. The molecule has 6 nitrogen and oxygen atoms in total. The Morgan fingerprint density at radius 1 is 1.17 bits per heavy atom. The number of furan rings is 1. The molecule has 0 saturated carbocycles. The number of anilines is 3. The number of hydrogen-bond acceptors (Lipinski definition) is 5. The fraction of sp³-hybridized carbons (Fsp3) is 0.0909. The van der Waals surface area contributed by atoms with E-state index in [1.807, 2.05) is 61.5 Å². The normalized spacial score (nSPS) is 10.8. The number of nitrogen functional groups attached to an aromatic ring is 1. The molecule has 7 heteroatoms. The van der Waals surface area contributed by atoms with E-state index in [0.717, 1.165) is 26.7 Å². The fourth-order valence-electron chi connectivity index (χ4n) is 3.12. The lowest BCUT2D eigenvalue weighted by Gasteiger charge is -2.10. The summed E-state index contributed by atoms with van der Waals surface area (Å²) in [4.78, 5) is 16.8. The summed E-state index contributed by atoms with van der Waals surface area (Å²) >= 11 is 3.45. The molecule has 1 amide bonds. The van der Waals surface area contributed by atoms with Gasteiger partial charge in [-0.3, -0.25) is 4.79 Å². The Morgan fingerprint density at radius 2 is 2.03 bits per heavy atom. The van der Waals surface area contributed by atoms with E-state index in [1.165, 1.54) is 0 Å². The molecule has 0 atom stereocenters. The molecule has 146 valence electrons. The second-order valence-corrected chi connectivity index (χ2v) is 7.56. The van der Waals surface area contributed by atoms with E-state index in [9.17, 15) is 4.79 Å². The van der Waals surface area contributed by atoms with Crippen molar-refractivity contribution in [2.24, 2.45) is 0 Å². The Hall–Kier alpha value is -3.32. The molecule has 4 rings (SSSR count). The minimum atomic E-state index is -0.281. The summed E-state index contributed by atoms with van der Waals surface area (Å²) in [5.74, 6) is 0.477. The summed E-state index contributed by atoms with van der Waals surface area (Å²) in [5, 5.41) is 7.08. The number of aryl methyl sites for hydroxylation is 1. The Balaban J connectivity index is 1.50. The van der Waals surface area contributed by atoms with Gasteiger partial charge in [-0.05, 0) is 55.0 Å². The molecule has 4 N–H and O–H groups in total. The predicted octanol–water partition coefficient (Wildman–Crippen LogP) is 5.35. The third kappa shape index (κ3) is 4.09. The molecule has 0 spiro atoms. The van der Waals surface area contributed by atoms with Gasteiger partial charge in [0, 0.05) is 33.9 Å². The number of nitrogens with zero attached hydrogens (tertiary/aromatic N) is 1. The van der Waals surface area contributed by atoms with E-state index < -0.39 is 0 Å². The molecule has 0 unspecified atom stereocenters. The second-order valence-electron chi connectivity index (χ2n) is 6.64. The van der Waals surface area contributed by atoms with Crippen LogP contribution in [0.4, 0.5) is 17.2 Å². The maximum atomic E-state index is 12.8. The van der Waals surface area contributed by atoms with Gasteiger partial charge in [0.15, 0.2) is 5.76 Å². The summed E-state index contributed by atoms with van der Waals surface area (Å²) in [7, 11) is 0. The van der Waals surface area contributed by atoms with Crippen molar-refractivity contribution in [2.75, 3.05) is 16.4 Å². The quantitative estimate of drug-likeness (QED) is 0.381. The van der Waals surface area contributed by atoms with Crippen molar-refractivity contribution in [3.05, 3.63) is 82.2 Å². The predicted molar refractivity (Wildman–Crippen MR) is 119 cm³/mol. The Bertz CT molecular complexity index is 1200. The van der Waals surface area contributed by atoms with Crippen molar-refractivity contribution in [3.8, 4) is 0 Å². The van der Waals surface area contributed by atoms with Gasteiger partial charge in [-0.2, -0.15) is 0 Å². The first-order chi connectivity index (χ1) is 14.0. The number of rotatable bonds is 5. The van der Waals surface area contributed by atoms with Gasteiger partial charge in [0.25, 0.3) is 5.91 Å². The first-order valence-electron chi connectivity index (χ1n) is 9.04. The first-order valence-corrected chi connectivity index (χ1v) is 9.84. The van der Waals surface area contributed by atoms with Crippen molar-refractivity contribution in [1.82, 2.24) is 4.98 Å². The smallest absolute Gasteiger partial charge is 0.291 e. The van der Waals surface area contributed by atoms with E-state index in [2.05, 4.69) is 31.5 Å². The molecule has 29 heavy (non-hydrogen) atoms. The van der Waals surface area contributed by atoms with Crippen molar-refractivity contribution in [1.29, 1.82) is 0 Å². The van der Waals surface area contributed by atoms with Crippen molar-refractivity contribution >= 4 is 50.0 Å². The highest BCUT2D eigenvalue weighted by Gasteiger charge is 2.18. The zero-order valence-corrected chi connectivity index (χ0v) is 17.3. The molecule has 0 aliphatic carbocycles. The van der Waals surface area contributed by atoms with Crippen LogP contribution in [0, 0.1) is 6.92 Å². The van der Waals surface area contributed by atoms with E-state index in [-0.39, 0.29) is 5.91 Å². The maximum absolute atomic E-state index is 12.8. The monoisotopic (exact) mass is 450 g/mol. The number of benzene rings is 2. The van der Waals surface area contributed by atoms with Gasteiger partial charge in [-0.1, -0.05) is 28.1 Å². The number of amides is 1. The average Bonchev–Trinajstić information content (AvgIpc) is 3.04. The molecule has 0 aliphatic rings. The Kier molecular flexibility index (Phi) is 5.22. The maximum Gasteiger partial charge on any atom is 0.291 e. The lowest BCUT2D eigenvalue weighted by molar-refractivity contribution is 0.0998. The van der Waals surface area contributed by atoms with Crippen LogP contribution < -0.4 is 16.4 Å². The van der Waals surface area contributed by atoms with E-state index in [4.69, 9.17) is 10.2 Å². The zero-order chi connectivity index (χ0) is 20.4. The van der Waals surface area contributed by atoms with Crippen LogP contribution in [-0.2, 0) is 6.54 Å². The van der Waals surface area contributed by atoms with Crippen LogP contribution in [0.5, 0.6) is 0 Å². The van der Waals surface area contributed by atoms with E-state index in [1.54, 1.807) is 6.20 Å². The highest BCUT2D eigenvalue weighted by atomic mass is 79.9. The number of aromatic nitrogens is 1. The Labute approximate surface area is 176 Å². The van der Waals surface area contributed by atoms with Crippen LogP contribution >= 0.6 is 15.9 Å². The molecule has 2 aromatic heterocycles. The fourth-order valence-corrected chi connectivity index (χ4v) is 3.48. The number of nitrogens with two attached hydrogens (primary N) is 1. The van der Waals surface area contributed by atoms with Crippen molar-refractivity contribution in [2.45, 2.75) is 13.5 Å². The summed E-state index contributed by atoms with van der Waals surface area (Å²) in [6.07, 6.45) is 1.65. The highest BCUT2D eigenvalue weighted by Crippen LogP contribution is 2.28. The molecule has 0 radical (unpaired) electrons. The summed E-state index contributed by atoms with van der Waals surface area (Å²) in [6.45, 7) is 2.43. The number of halogens is 1. The lowest BCUT2D eigenvalue weighted by atomic mass is 10.1. The van der Waals surface area contributed by atoms with Gasteiger partial charge in [0.05, 0.1) is 5.69 Å². The lowest BCUT2D eigenvalue weighted by Crippen LogP contribution is -2.12. The van der Waals surface area contributed by atoms with E-state index in [0.29, 0.717) is 29.4 Å². The number of nitrogens with one attached hydrogen (secondary N) is 2. The summed E-state index contributed by atoms with van der Waals surface area (Å²) in [6, 6.07) is 17.0. The minimum Gasteiger partial charge on any atom is -0.451 e. The van der Waals surface area contributed by atoms with Crippen LogP contribution in [-0.4, -0.2) is 10.9 Å². The second kappa shape index (κ2) is 7.97. The third-order valence-electron chi connectivity index (χ3n) is 4.61. The molecule has 2 aromatic carbocycles. The molecule has 0 bridgehead atoms. The van der Waals surface area contributed by atoms with Crippen LogP contribution in [0.1, 0.15) is 21.7 Å². The summed E-state index contributed by atoms with van der Waals surface area (Å²) in [5.41, 5.74) is 9.80. The van der Waals surface area contributed by atoms with Gasteiger partial charge in [0.2, 0.25) is 0 Å². The molecule has 0 saturated heterocycles. The van der Waals surface area contributed by atoms with Gasteiger partial charge in [-0.15, -0.1) is 0 Å². The van der Waals surface area contributed by atoms with Gasteiger partial charge < -0.3 is 20.8 Å². The largest absolute Gasteiger partial charge is 0.451 e. The molecule has 0 aliphatic heterocycles. The van der Waals surface area contributed by atoms with Crippen LogP contribution in [0.3, 0.4) is 0 Å². The molecular weight excluding hydrogens is 432 g/mol. The van der Waals surface area contributed by atoms with Crippen LogP contribution in [0.2, 0.25) is 0 Å². The highest BCUT2D eigenvalue weighted by molar-refractivity contribution is 9.10. The van der Waals surface area contributed by atoms with E-state index >= 15 is 0 Å². The number of hydrogen-bond donors (Lipinski definition) is 3. The van der Waals surface area contributed by atoms with Gasteiger partial charge in [0.1, 0.15) is 11.4 Å². The minimum absolute atomic E-state index is 0.281. The standard InChI is InChI=1S/C22H19BrN4O2/c1-13-17-11-15(23)7-8-19(17)29-20(13)22(28)27-16-5-2-4-14(10-16)12-26-18-6-3-9-25-21(18)24/h2-11,26H,12H2,1H3,(H2,24,25)(H,27,28). The number of carbonyl (C=O) groups is 1. The molecule has 2 heterocycles. The number of fused-ring (bicyclic) bond motifs is 1. The molecule has 0 fully saturated rings. The summed E-state index contributed by atoms with van der Waals surface area (Å²) < 4.78 is 6.71. The van der Waals surface area contributed by atoms with Crippen molar-refractivity contribution in [3.63, 3.8) is 0 Å². The third-order valence-corrected chi connectivity index (χ3v) is 5.10. The topological polar surface area (TPSA) is 93.2 Å². The number of carbonyl (C=O) groups excluding carboxylic acids is 1. The average molecular weight is 451 g/mol. The van der Waals surface area contributed by atoms with Gasteiger partial charge in [-0.25, -0.2) is 4.98 Å². The zero-order valence-electron chi connectivity index (χ0n) is 15.7. The first kappa shape index (κ1) is 19.0. The number of pyridine rings is 1. The van der Waals surface area contributed by atoms with Gasteiger partial charge >= 0.3 is 0 Å². The van der Waals surface area contributed by atoms with Crippen LogP contribution in [0.25, 0.3) is 11.0 Å². The molecule has 4 aromatic rings.